The van der Waals surface area contributed by atoms with E-state index < -0.39 is 0 Å². The third kappa shape index (κ3) is 6.49. The lowest BCUT2D eigenvalue weighted by Gasteiger charge is -2.47. The zero-order valence-corrected chi connectivity index (χ0v) is 38.5. The lowest BCUT2D eigenvalue weighted by Crippen LogP contribution is -2.61. The van der Waals surface area contributed by atoms with Crippen molar-refractivity contribution in [3.05, 3.63) is 187 Å². The van der Waals surface area contributed by atoms with Crippen molar-refractivity contribution in [2.45, 2.75) is 78.6 Å². The van der Waals surface area contributed by atoms with Gasteiger partial charge in [-0.25, -0.2) is 0 Å². The topological polar surface area (TPSA) is 19.6 Å². The fourth-order valence-electron chi connectivity index (χ4n) is 10.1. The fraction of sp³-hybridized carbons (Fsp3) is 0.200. The highest BCUT2D eigenvalue weighted by Gasteiger charge is 2.46. The largest absolute Gasteiger partial charge is 0.456 e. The van der Waals surface area contributed by atoms with Crippen LogP contribution in [0.2, 0.25) is 0 Å². The van der Waals surface area contributed by atoms with Gasteiger partial charge in [0.05, 0.1) is 5.69 Å². The van der Waals surface area contributed by atoms with Gasteiger partial charge in [-0.05, 0) is 127 Å². The molecule has 64 heavy (non-hydrogen) atoms. The smallest absolute Gasteiger partial charge is 0.333 e. The number of furan rings is 1. The van der Waals surface area contributed by atoms with E-state index in [1.807, 2.05) is 0 Å². The molecule has 0 saturated carbocycles. The highest BCUT2D eigenvalue weighted by molar-refractivity contribution is 6.93. The first-order valence-corrected chi connectivity index (χ1v) is 22.9. The van der Waals surface area contributed by atoms with Crippen molar-refractivity contribution < 1.29 is 4.42 Å². The number of para-hydroxylation sites is 1. The molecule has 0 radical (unpaired) electrons. The third-order valence-corrected chi connectivity index (χ3v) is 13.7. The van der Waals surface area contributed by atoms with Crippen LogP contribution in [0.4, 0.5) is 28.4 Å². The predicted molar refractivity (Wildman–Crippen MR) is 274 cm³/mol. The minimum absolute atomic E-state index is 0.0237. The normalized spacial score (nSPS) is 13.6. The van der Waals surface area contributed by atoms with Crippen LogP contribution in [-0.2, 0) is 16.2 Å². The van der Waals surface area contributed by atoms with Crippen molar-refractivity contribution in [3.63, 3.8) is 0 Å². The SMILES string of the molecule is CC(C)(C)c1ccc(N2B3c4cc5oc6ccccc6c5cc4N(c4ccc(C(C)(C)C)cc4-c4ccccc4)c4cc(C(C)(C)C)cc(c43)-c3cc(-c4ccccc4)ccc32)cc1. The summed E-state index contributed by atoms with van der Waals surface area (Å²) in [5.74, 6) is 0. The molecule has 9 aromatic rings. The Labute approximate surface area is 379 Å². The number of fused-ring (bicyclic) bond motifs is 7. The van der Waals surface area contributed by atoms with Gasteiger partial charge in [0, 0.05) is 44.6 Å². The van der Waals surface area contributed by atoms with E-state index in [1.54, 1.807) is 0 Å². The standard InChI is InChI=1S/C60H55BN2O/c1-58(2,3)41-25-28-44(29-26-41)63-52-30-24-40(38-18-12-10-13-19-38)32-47(52)49-34-43(60(7,8)9)35-54-57(49)61(63)50-37-56-48(45-22-16-17-23-55(45)64-56)36-53(50)62(54)51-31-27-42(59(4,5)6)33-46(51)39-20-14-11-15-21-39/h10-37H,1-9H3. The second-order valence-corrected chi connectivity index (χ2v) is 21.1. The fourth-order valence-corrected chi connectivity index (χ4v) is 10.1. The van der Waals surface area contributed by atoms with Crippen molar-refractivity contribution in [1.82, 2.24) is 0 Å². The summed E-state index contributed by atoms with van der Waals surface area (Å²) >= 11 is 0. The van der Waals surface area contributed by atoms with Crippen LogP contribution in [0, 0.1) is 0 Å². The second kappa shape index (κ2) is 14.4. The highest BCUT2D eigenvalue weighted by atomic mass is 16.3. The molecule has 0 N–H and O–H groups in total. The Hall–Kier alpha value is -6.78. The molecule has 0 bridgehead atoms. The molecule has 0 amide bonds. The van der Waals surface area contributed by atoms with Gasteiger partial charge in [0.1, 0.15) is 11.2 Å². The van der Waals surface area contributed by atoms with Gasteiger partial charge in [-0.3, -0.25) is 0 Å². The van der Waals surface area contributed by atoms with Crippen LogP contribution in [0.5, 0.6) is 0 Å². The summed E-state index contributed by atoms with van der Waals surface area (Å²) in [6.45, 7) is 20.7. The molecule has 0 aliphatic carbocycles. The molecule has 11 rings (SSSR count). The van der Waals surface area contributed by atoms with Crippen molar-refractivity contribution in [2.75, 3.05) is 9.71 Å². The number of nitrogens with zero attached hydrogens (tertiary/aromatic N) is 2. The summed E-state index contributed by atoms with van der Waals surface area (Å²) in [5.41, 5.74) is 21.3. The van der Waals surface area contributed by atoms with Crippen molar-refractivity contribution in [3.8, 4) is 33.4 Å². The molecule has 0 spiro atoms. The summed E-state index contributed by atoms with van der Waals surface area (Å²) in [6.07, 6.45) is 0. The van der Waals surface area contributed by atoms with Gasteiger partial charge in [-0.15, -0.1) is 0 Å². The first kappa shape index (κ1) is 40.0. The third-order valence-electron chi connectivity index (χ3n) is 13.7. The quantitative estimate of drug-likeness (QED) is 0.165. The first-order valence-electron chi connectivity index (χ1n) is 22.9. The zero-order valence-electron chi connectivity index (χ0n) is 38.5. The Kier molecular flexibility index (Phi) is 8.99. The van der Waals surface area contributed by atoms with Gasteiger partial charge in [0.25, 0.3) is 0 Å². The predicted octanol–water partition coefficient (Wildman–Crippen LogP) is 15.5. The lowest BCUT2D eigenvalue weighted by atomic mass is 9.43. The average Bonchev–Trinajstić information content (AvgIpc) is 3.65. The highest BCUT2D eigenvalue weighted by Crippen LogP contribution is 2.51. The molecule has 314 valence electrons. The van der Waals surface area contributed by atoms with E-state index in [1.165, 1.54) is 72.4 Å². The summed E-state index contributed by atoms with van der Waals surface area (Å²) in [7, 11) is 0. The van der Waals surface area contributed by atoms with E-state index in [0.717, 1.165) is 39.0 Å². The van der Waals surface area contributed by atoms with Crippen LogP contribution in [-0.4, -0.2) is 6.85 Å². The van der Waals surface area contributed by atoms with Gasteiger partial charge < -0.3 is 14.1 Å². The van der Waals surface area contributed by atoms with Gasteiger partial charge >= 0.3 is 6.85 Å². The molecule has 8 aromatic carbocycles. The Morgan fingerprint density at radius 1 is 0.391 bits per heavy atom. The molecule has 0 saturated heterocycles. The molecule has 4 heteroatoms. The Bertz CT molecular complexity index is 3270. The van der Waals surface area contributed by atoms with Gasteiger partial charge in [-0.1, -0.05) is 172 Å². The zero-order chi connectivity index (χ0) is 44.3. The van der Waals surface area contributed by atoms with Crippen LogP contribution in [0.1, 0.15) is 79.0 Å². The van der Waals surface area contributed by atoms with Crippen LogP contribution in [0.3, 0.4) is 0 Å². The van der Waals surface area contributed by atoms with Crippen molar-refractivity contribution >= 4 is 68.1 Å². The van der Waals surface area contributed by atoms with Crippen molar-refractivity contribution in [1.29, 1.82) is 0 Å². The number of hydrogen-bond acceptors (Lipinski definition) is 3. The van der Waals surface area contributed by atoms with Crippen LogP contribution < -0.4 is 20.6 Å². The van der Waals surface area contributed by atoms with E-state index in [4.69, 9.17) is 4.42 Å². The molecule has 0 atom stereocenters. The van der Waals surface area contributed by atoms with E-state index in [-0.39, 0.29) is 23.1 Å². The van der Waals surface area contributed by atoms with Crippen LogP contribution in [0.25, 0.3) is 55.3 Å². The minimum Gasteiger partial charge on any atom is -0.456 e. The Balaban J connectivity index is 1.29. The molecule has 3 heterocycles. The molecule has 2 aliphatic rings. The molecule has 2 aliphatic heterocycles. The maximum atomic E-state index is 6.79. The monoisotopic (exact) mass is 830 g/mol. The summed E-state index contributed by atoms with van der Waals surface area (Å²) in [5, 5.41) is 2.24. The average molecular weight is 831 g/mol. The van der Waals surface area contributed by atoms with E-state index in [9.17, 15) is 0 Å². The summed E-state index contributed by atoms with van der Waals surface area (Å²) in [4.78, 5) is 5.22. The van der Waals surface area contributed by atoms with Crippen molar-refractivity contribution in [2.24, 2.45) is 0 Å². The van der Waals surface area contributed by atoms with E-state index in [0.29, 0.717) is 0 Å². The summed E-state index contributed by atoms with van der Waals surface area (Å²) in [6, 6.07) is 63.7. The Morgan fingerprint density at radius 2 is 1.00 bits per heavy atom. The molecular formula is C60H55BN2O. The molecule has 1 aromatic heterocycles. The first-order chi connectivity index (χ1) is 30.6. The maximum absolute atomic E-state index is 6.79. The number of rotatable bonds is 4. The molecule has 3 nitrogen and oxygen atoms in total. The van der Waals surface area contributed by atoms with E-state index >= 15 is 0 Å². The van der Waals surface area contributed by atoms with Crippen LogP contribution >= 0.6 is 0 Å². The maximum Gasteiger partial charge on any atom is 0.333 e. The minimum atomic E-state index is -0.160. The molecule has 0 fully saturated rings. The molecular weight excluding hydrogens is 775 g/mol. The molecule has 0 unspecified atom stereocenters. The number of benzene rings is 8. The van der Waals surface area contributed by atoms with Gasteiger partial charge in [0.2, 0.25) is 0 Å². The van der Waals surface area contributed by atoms with Gasteiger partial charge in [0.15, 0.2) is 0 Å². The lowest BCUT2D eigenvalue weighted by molar-refractivity contribution is 0.590. The number of anilines is 5. The Morgan fingerprint density at radius 3 is 1.69 bits per heavy atom. The van der Waals surface area contributed by atoms with Gasteiger partial charge in [-0.2, -0.15) is 0 Å². The summed E-state index contributed by atoms with van der Waals surface area (Å²) < 4.78 is 6.79. The van der Waals surface area contributed by atoms with Crippen LogP contribution in [0.15, 0.2) is 174 Å². The second-order valence-electron chi connectivity index (χ2n) is 21.1. The van der Waals surface area contributed by atoms with E-state index in [2.05, 4.69) is 242 Å². The number of hydrogen-bond donors (Lipinski definition) is 0.